The van der Waals surface area contributed by atoms with Crippen molar-refractivity contribution in [1.29, 1.82) is 0 Å². The maximum absolute atomic E-state index is 9.77. The molecule has 1 aromatic heterocycles. The highest BCUT2D eigenvalue weighted by atomic mass is 16.3. The van der Waals surface area contributed by atoms with Crippen LogP contribution in [0.5, 0.6) is 0 Å². The van der Waals surface area contributed by atoms with E-state index in [2.05, 4.69) is 16.4 Å². The van der Waals surface area contributed by atoms with Gasteiger partial charge in [-0.05, 0) is 24.5 Å². The molecule has 1 fully saturated rings. The first-order valence-electron chi connectivity index (χ1n) is 5.66. The van der Waals surface area contributed by atoms with Crippen LogP contribution in [0.15, 0.2) is 24.5 Å². The van der Waals surface area contributed by atoms with E-state index in [1.807, 2.05) is 12.3 Å². The predicted octanol–water partition coefficient (Wildman–Crippen LogP) is 1.47. The molecule has 2 N–H and O–H groups in total. The third kappa shape index (κ3) is 3.01. The Kier molecular flexibility index (Phi) is 3.69. The Hall–Kier alpha value is -0.930. The predicted molar refractivity (Wildman–Crippen MR) is 59.3 cm³/mol. The summed E-state index contributed by atoms with van der Waals surface area (Å²) in [4.78, 5) is 4.06. The molecule has 0 aliphatic heterocycles. The Balaban J connectivity index is 1.82. The Bertz CT molecular complexity index is 289. The van der Waals surface area contributed by atoms with Gasteiger partial charge >= 0.3 is 0 Å². The number of aliphatic hydroxyl groups is 1. The molecule has 15 heavy (non-hydrogen) atoms. The lowest BCUT2D eigenvalue weighted by Crippen LogP contribution is -2.41. The van der Waals surface area contributed by atoms with Gasteiger partial charge in [-0.1, -0.05) is 18.9 Å². The molecule has 0 radical (unpaired) electrons. The first-order chi connectivity index (χ1) is 7.36. The second-order valence-corrected chi connectivity index (χ2v) is 4.20. The van der Waals surface area contributed by atoms with E-state index in [9.17, 15) is 5.11 Å². The van der Waals surface area contributed by atoms with Crippen LogP contribution < -0.4 is 5.32 Å². The minimum atomic E-state index is -0.171. The van der Waals surface area contributed by atoms with Gasteiger partial charge in [-0.15, -0.1) is 0 Å². The average molecular weight is 206 g/mol. The molecule has 3 heteroatoms. The van der Waals surface area contributed by atoms with Crippen LogP contribution in [0.3, 0.4) is 0 Å². The standard InChI is InChI=1S/C12H18N2O/c15-12-6-2-1-5-11(12)14-9-10-4-3-7-13-8-10/h3-4,7-8,11-12,14-15H,1-2,5-6,9H2/t11-,12-/m0/s1. The molecule has 3 nitrogen and oxygen atoms in total. The van der Waals surface area contributed by atoms with Crippen molar-refractivity contribution in [3.05, 3.63) is 30.1 Å². The van der Waals surface area contributed by atoms with Crippen molar-refractivity contribution in [1.82, 2.24) is 10.3 Å². The highest BCUT2D eigenvalue weighted by Gasteiger charge is 2.21. The summed E-state index contributed by atoms with van der Waals surface area (Å²) < 4.78 is 0. The van der Waals surface area contributed by atoms with Gasteiger partial charge in [0.15, 0.2) is 0 Å². The zero-order valence-corrected chi connectivity index (χ0v) is 8.89. The van der Waals surface area contributed by atoms with Crippen LogP contribution in [-0.4, -0.2) is 22.2 Å². The Morgan fingerprint density at radius 1 is 1.40 bits per heavy atom. The molecule has 1 aliphatic carbocycles. The van der Waals surface area contributed by atoms with Gasteiger partial charge in [-0.25, -0.2) is 0 Å². The van der Waals surface area contributed by atoms with Crippen LogP contribution in [0.1, 0.15) is 31.2 Å². The van der Waals surface area contributed by atoms with Gasteiger partial charge in [-0.2, -0.15) is 0 Å². The number of aliphatic hydroxyl groups excluding tert-OH is 1. The molecule has 0 amide bonds. The molecule has 0 saturated heterocycles. The van der Waals surface area contributed by atoms with E-state index in [1.54, 1.807) is 6.20 Å². The van der Waals surface area contributed by atoms with Crippen molar-refractivity contribution >= 4 is 0 Å². The van der Waals surface area contributed by atoms with E-state index < -0.39 is 0 Å². The molecule has 0 aromatic carbocycles. The van der Waals surface area contributed by atoms with E-state index in [-0.39, 0.29) is 12.1 Å². The van der Waals surface area contributed by atoms with Crippen LogP contribution in [0.4, 0.5) is 0 Å². The summed E-state index contributed by atoms with van der Waals surface area (Å²) in [6.45, 7) is 0.801. The molecule has 1 aromatic rings. The van der Waals surface area contributed by atoms with Gasteiger partial charge < -0.3 is 10.4 Å². The van der Waals surface area contributed by atoms with Crippen LogP contribution in [-0.2, 0) is 6.54 Å². The lowest BCUT2D eigenvalue weighted by atomic mass is 9.92. The molecule has 82 valence electrons. The largest absolute Gasteiger partial charge is 0.392 e. The molecule has 1 heterocycles. The average Bonchev–Trinajstić information content (AvgIpc) is 2.29. The molecular formula is C12H18N2O. The van der Waals surface area contributed by atoms with E-state index in [4.69, 9.17) is 0 Å². The highest BCUT2D eigenvalue weighted by Crippen LogP contribution is 2.18. The number of hydrogen-bond acceptors (Lipinski definition) is 3. The number of aromatic nitrogens is 1. The first kappa shape index (κ1) is 10.6. The first-order valence-corrected chi connectivity index (χ1v) is 5.66. The summed E-state index contributed by atoms with van der Waals surface area (Å²) >= 11 is 0. The van der Waals surface area contributed by atoms with E-state index in [0.717, 1.165) is 25.8 Å². The molecule has 2 atom stereocenters. The zero-order chi connectivity index (χ0) is 10.5. The fourth-order valence-corrected chi connectivity index (χ4v) is 2.10. The summed E-state index contributed by atoms with van der Waals surface area (Å²) in [5.74, 6) is 0. The molecule has 1 aliphatic rings. The smallest absolute Gasteiger partial charge is 0.0693 e. The maximum atomic E-state index is 9.77. The van der Waals surface area contributed by atoms with Crippen molar-refractivity contribution in [3.8, 4) is 0 Å². The van der Waals surface area contributed by atoms with Gasteiger partial charge in [0.05, 0.1) is 6.10 Å². The van der Waals surface area contributed by atoms with Crippen molar-refractivity contribution in [3.63, 3.8) is 0 Å². The van der Waals surface area contributed by atoms with Crippen LogP contribution in [0.2, 0.25) is 0 Å². The quantitative estimate of drug-likeness (QED) is 0.787. The normalized spacial score (nSPS) is 26.5. The van der Waals surface area contributed by atoms with Gasteiger partial charge in [0.2, 0.25) is 0 Å². The summed E-state index contributed by atoms with van der Waals surface area (Å²) in [5.41, 5.74) is 1.18. The number of rotatable bonds is 3. The summed E-state index contributed by atoms with van der Waals surface area (Å²) in [5, 5.41) is 13.2. The van der Waals surface area contributed by atoms with Gasteiger partial charge in [0, 0.05) is 25.0 Å². The van der Waals surface area contributed by atoms with Crippen molar-refractivity contribution in [2.24, 2.45) is 0 Å². The second-order valence-electron chi connectivity index (χ2n) is 4.20. The Labute approximate surface area is 90.5 Å². The fraction of sp³-hybridized carbons (Fsp3) is 0.583. The highest BCUT2D eigenvalue weighted by molar-refractivity contribution is 5.08. The Morgan fingerprint density at radius 2 is 2.27 bits per heavy atom. The minimum absolute atomic E-state index is 0.171. The SMILES string of the molecule is O[C@H]1CCCC[C@@H]1NCc1cccnc1. The number of hydrogen-bond donors (Lipinski definition) is 2. The fourth-order valence-electron chi connectivity index (χ4n) is 2.10. The molecule has 0 bridgehead atoms. The summed E-state index contributed by atoms with van der Waals surface area (Å²) in [6.07, 6.45) is 7.87. The molecule has 0 unspecified atom stereocenters. The number of pyridine rings is 1. The summed E-state index contributed by atoms with van der Waals surface area (Å²) in [7, 11) is 0. The minimum Gasteiger partial charge on any atom is -0.392 e. The topological polar surface area (TPSA) is 45.1 Å². The van der Waals surface area contributed by atoms with E-state index in [1.165, 1.54) is 12.0 Å². The van der Waals surface area contributed by atoms with Crippen LogP contribution in [0, 0.1) is 0 Å². The lowest BCUT2D eigenvalue weighted by Gasteiger charge is -2.28. The monoisotopic (exact) mass is 206 g/mol. The van der Waals surface area contributed by atoms with Crippen molar-refractivity contribution < 1.29 is 5.11 Å². The van der Waals surface area contributed by atoms with Gasteiger partial charge in [0.1, 0.15) is 0 Å². The molecule has 0 spiro atoms. The zero-order valence-electron chi connectivity index (χ0n) is 8.89. The van der Waals surface area contributed by atoms with Crippen molar-refractivity contribution in [2.45, 2.75) is 44.4 Å². The van der Waals surface area contributed by atoms with E-state index in [0.29, 0.717) is 0 Å². The molecule has 2 rings (SSSR count). The third-order valence-corrected chi connectivity index (χ3v) is 3.02. The van der Waals surface area contributed by atoms with Crippen molar-refractivity contribution in [2.75, 3.05) is 0 Å². The van der Waals surface area contributed by atoms with Gasteiger partial charge in [0.25, 0.3) is 0 Å². The third-order valence-electron chi connectivity index (χ3n) is 3.02. The maximum Gasteiger partial charge on any atom is 0.0693 e. The molecular weight excluding hydrogens is 188 g/mol. The van der Waals surface area contributed by atoms with E-state index >= 15 is 0 Å². The number of nitrogens with one attached hydrogen (secondary N) is 1. The van der Waals surface area contributed by atoms with Crippen LogP contribution >= 0.6 is 0 Å². The Morgan fingerprint density at radius 3 is 3.00 bits per heavy atom. The molecule has 1 saturated carbocycles. The second kappa shape index (κ2) is 5.24. The van der Waals surface area contributed by atoms with Gasteiger partial charge in [-0.3, -0.25) is 4.98 Å². The van der Waals surface area contributed by atoms with Crippen LogP contribution in [0.25, 0.3) is 0 Å². The lowest BCUT2D eigenvalue weighted by molar-refractivity contribution is 0.0902. The number of nitrogens with zero attached hydrogens (tertiary/aromatic N) is 1. The summed E-state index contributed by atoms with van der Waals surface area (Å²) in [6, 6.07) is 4.25.